The molecule has 0 spiro atoms. The number of sulfonamides is 1. The maximum Gasteiger partial charge on any atom is 0.417 e. The van der Waals surface area contributed by atoms with Crippen molar-refractivity contribution in [3.8, 4) is 0 Å². The average molecular weight is 469 g/mol. The predicted octanol–water partition coefficient (Wildman–Crippen LogP) is 3.61. The third-order valence-corrected chi connectivity index (χ3v) is 6.91. The van der Waals surface area contributed by atoms with E-state index in [1.165, 1.54) is 34.6 Å². The van der Waals surface area contributed by atoms with Gasteiger partial charge in [-0.25, -0.2) is 8.42 Å². The van der Waals surface area contributed by atoms with Crippen LogP contribution >= 0.6 is 0 Å². The fourth-order valence-corrected chi connectivity index (χ4v) is 4.79. The number of hydrogen-bond donors (Lipinski definition) is 2. The van der Waals surface area contributed by atoms with Gasteiger partial charge in [0.25, 0.3) is 5.56 Å². The topological polar surface area (TPSA) is 99.3 Å². The van der Waals surface area contributed by atoms with Crippen LogP contribution in [0.1, 0.15) is 36.8 Å². The molecule has 1 aliphatic heterocycles. The summed E-state index contributed by atoms with van der Waals surface area (Å²) >= 11 is 0. The highest BCUT2D eigenvalue weighted by atomic mass is 32.2. The molecule has 0 radical (unpaired) electrons. The predicted molar refractivity (Wildman–Crippen MR) is 113 cm³/mol. The Morgan fingerprint density at radius 1 is 1.06 bits per heavy atom. The molecule has 172 valence electrons. The van der Waals surface area contributed by atoms with Crippen molar-refractivity contribution < 1.29 is 26.4 Å². The quantitative estimate of drug-likeness (QED) is 0.654. The minimum absolute atomic E-state index is 0.150. The number of aromatic nitrogens is 1. The summed E-state index contributed by atoms with van der Waals surface area (Å²) < 4.78 is 65.3. The zero-order chi connectivity index (χ0) is 23.4. The second-order valence-corrected chi connectivity index (χ2v) is 9.28. The van der Waals surface area contributed by atoms with Crippen molar-refractivity contribution in [1.82, 2.24) is 9.29 Å². The van der Waals surface area contributed by atoms with Gasteiger partial charge in [0.15, 0.2) is 0 Å². The molecule has 7 nitrogen and oxygen atoms in total. The minimum atomic E-state index is -4.67. The van der Waals surface area contributed by atoms with Gasteiger partial charge in [-0.15, -0.1) is 0 Å². The van der Waals surface area contributed by atoms with Gasteiger partial charge in [0.05, 0.1) is 10.5 Å². The Morgan fingerprint density at radius 3 is 2.28 bits per heavy atom. The molecular formula is C21H22F3N3O4S. The number of pyridine rings is 1. The van der Waals surface area contributed by atoms with E-state index in [9.17, 15) is 31.2 Å². The summed E-state index contributed by atoms with van der Waals surface area (Å²) in [5, 5.41) is 2.11. The van der Waals surface area contributed by atoms with E-state index >= 15 is 0 Å². The van der Waals surface area contributed by atoms with Crippen LogP contribution in [0.4, 0.5) is 18.9 Å². The number of nitrogens with zero attached hydrogens (tertiary/aromatic N) is 1. The van der Waals surface area contributed by atoms with Crippen molar-refractivity contribution in [2.24, 2.45) is 0 Å². The largest absolute Gasteiger partial charge is 0.417 e. The summed E-state index contributed by atoms with van der Waals surface area (Å²) in [6.45, 7) is 0.970. The van der Waals surface area contributed by atoms with E-state index in [0.717, 1.165) is 31.8 Å². The van der Waals surface area contributed by atoms with E-state index in [1.807, 2.05) is 4.98 Å². The van der Waals surface area contributed by atoms with E-state index < -0.39 is 38.9 Å². The highest BCUT2D eigenvalue weighted by Crippen LogP contribution is 2.29. The second kappa shape index (κ2) is 9.70. The van der Waals surface area contributed by atoms with Gasteiger partial charge < -0.3 is 10.3 Å². The molecule has 1 aromatic carbocycles. The van der Waals surface area contributed by atoms with Crippen LogP contribution in [0.2, 0.25) is 0 Å². The smallest absolute Gasteiger partial charge is 0.327 e. The molecule has 1 amide bonds. The van der Waals surface area contributed by atoms with Crippen molar-refractivity contribution >= 4 is 27.7 Å². The number of halogens is 3. The maximum absolute atomic E-state index is 12.8. The second-order valence-electron chi connectivity index (χ2n) is 7.34. The minimum Gasteiger partial charge on any atom is -0.327 e. The lowest BCUT2D eigenvalue weighted by Gasteiger charge is -2.19. The van der Waals surface area contributed by atoms with Gasteiger partial charge in [-0.1, -0.05) is 25.0 Å². The van der Waals surface area contributed by atoms with Crippen molar-refractivity contribution in [3.05, 3.63) is 64.1 Å². The standard InChI is InChI=1S/C21H22F3N3O4S/c22-21(23,24)16-13-18(20(29)25-14-16)26-19(28)10-7-15-5-8-17(9-6-15)32(30,31)27-11-3-1-2-4-12-27/h5-10,13-14H,1-4,11-12H2,(H,25,29)(H,26,28)/b10-7+. The van der Waals surface area contributed by atoms with Crippen LogP contribution < -0.4 is 10.9 Å². The molecule has 0 atom stereocenters. The third-order valence-electron chi connectivity index (χ3n) is 5.00. The van der Waals surface area contributed by atoms with E-state index in [0.29, 0.717) is 30.9 Å². The van der Waals surface area contributed by atoms with Crippen LogP contribution in [0.5, 0.6) is 0 Å². The number of H-pyrrole nitrogens is 1. The number of aromatic amines is 1. The normalized spacial score (nSPS) is 16.1. The molecule has 1 aliphatic rings. The van der Waals surface area contributed by atoms with Gasteiger partial charge >= 0.3 is 6.18 Å². The van der Waals surface area contributed by atoms with Gasteiger partial charge in [0.2, 0.25) is 15.9 Å². The number of hydrogen-bond acceptors (Lipinski definition) is 4. The molecule has 32 heavy (non-hydrogen) atoms. The van der Waals surface area contributed by atoms with Gasteiger partial charge in [-0.05, 0) is 42.7 Å². The van der Waals surface area contributed by atoms with E-state index in [-0.39, 0.29) is 4.90 Å². The first-order valence-electron chi connectivity index (χ1n) is 9.96. The third kappa shape index (κ3) is 5.86. The van der Waals surface area contributed by atoms with E-state index in [1.54, 1.807) is 0 Å². The Kier molecular flexibility index (Phi) is 7.19. The molecule has 1 saturated heterocycles. The first kappa shape index (κ1) is 23.7. The first-order valence-corrected chi connectivity index (χ1v) is 11.4. The van der Waals surface area contributed by atoms with Crippen molar-refractivity contribution in [3.63, 3.8) is 0 Å². The van der Waals surface area contributed by atoms with Gasteiger partial charge in [-0.3, -0.25) is 9.59 Å². The van der Waals surface area contributed by atoms with Crippen molar-refractivity contribution in [2.45, 2.75) is 36.8 Å². The number of benzene rings is 1. The highest BCUT2D eigenvalue weighted by molar-refractivity contribution is 7.89. The maximum atomic E-state index is 12.8. The highest BCUT2D eigenvalue weighted by Gasteiger charge is 2.31. The zero-order valence-corrected chi connectivity index (χ0v) is 17.8. The summed E-state index contributed by atoms with van der Waals surface area (Å²) in [7, 11) is -3.60. The fraction of sp³-hybridized carbons (Fsp3) is 0.333. The molecule has 1 fully saturated rings. The van der Waals surface area contributed by atoms with Crippen LogP contribution in [0.15, 0.2) is 52.3 Å². The number of rotatable bonds is 5. The lowest BCUT2D eigenvalue weighted by Crippen LogP contribution is -2.31. The average Bonchev–Trinajstić information content (AvgIpc) is 3.03. The number of anilines is 1. The van der Waals surface area contributed by atoms with Crippen LogP contribution in [0.25, 0.3) is 6.08 Å². The van der Waals surface area contributed by atoms with Crippen molar-refractivity contribution in [1.29, 1.82) is 0 Å². The number of amides is 1. The van der Waals surface area contributed by atoms with Gasteiger partial charge in [0.1, 0.15) is 5.69 Å². The molecule has 2 N–H and O–H groups in total. The molecule has 1 aromatic heterocycles. The summed E-state index contributed by atoms with van der Waals surface area (Å²) in [6.07, 6.45) is 1.91. The Labute approximate surface area is 183 Å². The lowest BCUT2D eigenvalue weighted by molar-refractivity contribution is -0.137. The summed E-state index contributed by atoms with van der Waals surface area (Å²) in [5.41, 5.74) is -2.00. The van der Waals surface area contributed by atoms with Crippen molar-refractivity contribution in [2.75, 3.05) is 18.4 Å². The summed E-state index contributed by atoms with van der Waals surface area (Å²) in [6, 6.07) is 6.47. The molecule has 0 aliphatic carbocycles. The molecule has 0 unspecified atom stereocenters. The first-order chi connectivity index (χ1) is 15.1. The van der Waals surface area contributed by atoms with Crippen LogP contribution in [0.3, 0.4) is 0 Å². The van der Waals surface area contributed by atoms with Crippen LogP contribution in [-0.4, -0.2) is 36.7 Å². The molecule has 11 heteroatoms. The Morgan fingerprint density at radius 2 is 1.69 bits per heavy atom. The molecule has 2 heterocycles. The monoisotopic (exact) mass is 469 g/mol. The summed E-state index contributed by atoms with van der Waals surface area (Å²) in [4.78, 5) is 25.8. The van der Waals surface area contributed by atoms with Crippen LogP contribution in [0, 0.1) is 0 Å². The Balaban J connectivity index is 1.68. The Hall–Kier alpha value is -2.92. The van der Waals surface area contributed by atoms with Gasteiger partial charge in [-0.2, -0.15) is 17.5 Å². The van der Waals surface area contributed by atoms with Crippen LogP contribution in [-0.2, 0) is 21.0 Å². The molecule has 2 aromatic rings. The molecule has 3 rings (SSSR count). The molecule has 0 saturated carbocycles. The zero-order valence-electron chi connectivity index (χ0n) is 17.0. The number of carbonyl (C=O) groups excluding carboxylic acids is 1. The SMILES string of the molecule is O=C(/C=C/c1ccc(S(=O)(=O)N2CCCCCC2)cc1)Nc1cc(C(F)(F)F)c[nH]c1=O. The Bertz CT molecular complexity index is 1150. The fourth-order valence-electron chi connectivity index (χ4n) is 3.27. The summed E-state index contributed by atoms with van der Waals surface area (Å²) in [5.74, 6) is -0.809. The number of carbonyl (C=O) groups is 1. The van der Waals surface area contributed by atoms with E-state index in [4.69, 9.17) is 0 Å². The number of alkyl halides is 3. The molecular weight excluding hydrogens is 447 g/mol. The van der Waals surface area contributed by atoms with E-state index in [2.05, 4.69) is 5.32 Å². The molecule has 0 bridgehead atoms. The van der Waals surface area contributed by atoms with Gasteiger partial charge in [0, 0.05) is 25.4 Å². The lowest BCUT2D eigenvalue weighted by atomic mass is 10.2. The number of nitrogens with one attached hydrogen (secondary N) is 2.